The molecule has 0 saturated carbocycles. The average Bonchev–Trinajstić information content (AvgIpc) is 2.34. The van der Waals surface area contributed by atoms with E-state index in [4.69, 9.17) is 10.5 Å². The van der Waals surface area contributed by atoms with Gasteiger partial charge in [-0.25, -0.2) is 0 Å². The summed E-state index contributed by atoms with van der Waals surface area (Å²) < 4.78 is 5.07. The van der Waals surface area contributed by atoms with Crippen LogP contribution in [0.2, 0.25) is 0 Å². The van der Waals surface area contributed by atoms with Crippen LogP contribution in [0, 0.1) is 0 Å². The molecular weight excluding hydrogens is 216 g/mol. The lowest BCUT2D eigenvalue weighted by Gasteiger charge is -2.07. The van der Waals surface area contributed by atoms with Crippen molar-refractivity contribution in [1.29, 1.82) is 0 Å². The van der Waals surface area contributed by atoms with Crippen molar-refractivity contribution >= 4 is 5.91 Å². The highest BCUT2D eigenvalue weighted by molar-refractivity contribution is 5.94. The Bertz CT molecular complexity index is 364. The van der Waals surface area contributed by atoms with Crippen LogP contribution in [-0.4, -0.2) is 25.6 Å². The molecule has 0 spiro atoms. The van der Waals surface area contributed by atoms with Gasteiger partial charge >= 0.3 is 0 Å². The number of ether oxygens (including phenoxy) is 1. The highest BCUT2D eigenvalue weighted by Gasteiger charge is 2.05. The van der Waals surface area contributed by atoms with Gasteiger partial charge in [0.15, 0.2) is 0 Å². The van der Waals surface area contributed by atoms with Gasteiger partial charge in [0.25, 0.3) is 5.91 Å². The summed E-state index contributed by atoms with van der Waals surface area (Å²) in [5.41, 5.74) is 6.24. The van der Waals surface area contributed by atoms with Crippen LogP contribution in [-0.2, 0) is 0 Å². The Morgan fingerprint density at radius 1 is 1.53 bits per heavy atom. The first-order valence-electron chi connectivity index (χ1n) is 5.81. The second kappa shape index (κ2) is 6.91. The number of benzene rings is 1. The molecule has 94 valence electrons. The number of amides is 1. The molecule has 1 atom stereocenters. The highest BCUT2D eigenvalue weighted by Crippen LogP contribution is 2.12. The summed E-state index contributed by atoms with van der Waals surface area (Å²) in [5.74, 6) is 0.613. The van der Waals surface area contributed by atoms with Crippen molar-refractivity contribution in [2.75, 3.05) is 13.7 Å². The van der Waals surface area contributed by atoms with Crippen LogP contribution in [0.3, 0.4) is 0 Å². The summed E-state index contributed by atoms with van der Waals surface area (Å²) in [6.07, 6.45) is 1.81. The summed E-state index contributed by atoms with van der Waals surface area (Å²) in [6, 6.07) is 7.29. The van der Waals surface area contributed by atoms with E-state index >= 15 is 0 Å². The Balaban J connectivity index is 2.41. The van der Waals surface area contributed by atoms with E-state index in [0.29, 0.717) is 17.9 Å². The van der Waals surface area contributed by atoms with E-state index in [1.54, 1.807) is 25.3 Å². The lowest BCUT2D eigenvalue weighted by molar-refractivity contribution is 0.0952. The Labute approximate surface area is 102 Å². The van der Waals surface area contributed by atoms with E-state index in [0.717, 1.165) is 12.8 Å². The van der Waals surface area contributed by atoms with Crippen LogP contribution in [0.25, 0.3) is 0 Å². The summed E-state index contributed by atoms with van der Waals surface area (Å²) >= 11 is 0. The van der Waals surface area contributed by atoms with Crippen molar-refractivity contribution in [2.45, 2.75) is 25.8 Å². The quantitative estimate of drug-likeness (QED) is 0.737. The Morgan fingerprint density at radius 2 is 2.29 bits per heavy atom. The van der Waals surface area contributed by atoms with E-state index < -0.39 is 0 Å². The minimum Gasteiger partial charge on any atom is -0.497 e. The van der Waals surface area contributed by atoms with Gasteiger partial charge in [0.1, 0.15) is 5.75 Å². The monoisotopic (exact) mass is 236 g/mol. The minimum atomic E-state index is -0.0754. The molecule has 1 aromatic rings. The summed E-state index contributed by atoms with van der Waals surface area (Å²) in [6.45, 7) is 2.61. The van der Waals surface area contributed by atoms with E-state index in [9.17, 15) is 4.79 Å². The van der Waals surface area contributed by atoms with Crippen LogP contribution < -0.4 is 15.8 Å². The van der Waals surface area contributed by atoms with Gasteiger partial charge in [-0.1, -0.05) is 6.07 Å². The molecule has 0 radical (unpaired) electrons. The first kappa shape index (κ1) is 13.5. The van der Waals surface area contributed by atoms with Crippen molar-refractivity contribution in [3.8, 4) is 5.75 Å². The van der Waals surface area contributed by atoms with Crippen molar-refractivity contribution < 1.29 is 9.53 Å². The smallest absolute Gasteiger partial charge is 0.251 e. The summed E-state index contributed by atoms with van der Waals surface area (Å²) in [5, 5.41) is 2.86. The van der Waals surface area contributed by atoms with Gasteiger partial charge in [0.2, 0.25) is 0 Å². The van der Waals surface area contributed by atoms with Crippen LogP contribution in [0.4, 0.5) is 0 Å². The molecule has 1 unspecified atom stereocenters. The molecule has 4 heteroatoms. The topological polar surface area (TPSA) is 64.3 Å². The van der Waals surface area contributed by atoms with Crippen molar-refractivity contribution in [3.63, 3.8) is 0 Å². The Hall–Kier alpha value is -1.55. The molecule has 1 amide bonds. The normalized spacial score (nSPS) is 11.9. The molecule has 3 N–H and O–H groups in total. The molecule has 0 aliphatic carbocycles. The maximum absolute atomic E-state index is 11.8. The van der Waals surface area contributed by atoms with Crippen molar-refractivity contribution in [3.05, 3.63) is 29.8 Å². The summed E-state index contributed by atoms with van der Waals surface area (Å²) in [7, 11) is 1.58. The van der Waals surface area contributed by atoms with Crippen molar-refractivity contribution in [2.24, 2.45) is 5.73 Å². The Morgan fingerprint density at radius 3 is 2.94 bits per heavy atom. The minimum absolute atomic E-state index is 0.0754. The van der Waals surface area contributed by atoms with Crippen LogP contribution in [0.5, 0.6) is 5.75 Å². The van der Waals surface area contributed by atoms with Crippen molar-refractivity contribution in [1.82, 2.24) is 5.32 Å². The van der Waals surface area contributed by atoms with Crippen LogP contribution in [0.15, 0.2) is 24.3 Å². The van der Waals surface area contributed by atoms with Gasteiger partial charge in [0.05, 0.1) is 7.11 Å². The van der Waals surface area contributed by atoms with Gasteiger partial charge in [-0.05, 0) is 38.0 Å². The number of hydrogen-bond donors (Lipinski definition) is 2. The molecule has 0 heterocycles. The Kier molecular flexibility index (Phi) is 5.49. The fourth-order valence-electron chi connectivity index (χ4n) is 1.49. The molecule has 0 aromatic heterocycles. The lowest BCUT2D eigenvalue weighted by Crippen LogP contribution is -2.26. The SMILES string of the molecule is COc1cccc(C(=O)NCCCC(C)N)c1. The standard InChI is InChI=1S/C13H20N2O2/c1-10(14)5-4-8-15-13(16)11-6-3-7-12(9-11)17-2/h3,6-7,9-10H,4-5,8,14H2,1-2H3,(H,15,16). The molecule has 0 bridgehead atoms. The lowest BCUT2D eigenvalue weighted by atomic mass is 10.2. The molecule has 0 saturated heterocycles. The van der Waals surface area contributed by atoms with E-state index in [1.165, 1.54) is 0 Å². The van der Waals surface area contributed by atoms with E-state index in [1.807, 2.05) is 13.0 Å². The molecular formula is C13H20N2O2. The first-order valence-corrected chi connectivity index (χ1v) is 5.81. The predicted octanol–water partition coefficient (Wildman–Crippen LogP) is 1.55. The second-order valence-electron chi connectivity index (χ2n) is 4.11. The number of carbonyl (C=O) groups excluding carboxylic acids is 1. The van der Waals surface area contributed by atoms with Gasteiger partial charge in [-0.3, -0.25) is 4.79 Å². The molecule has 0 aliphatic heterocycles. The second-order valence-corrected chi connectivity index (χ2v) is 4.11. The largest absolute Gasteiger partial charge is 0.497 e. The zero-order valence-electron chi connectivity index (χ0n) is 10.4. The van der Waals surface area contributed by atoms with Gasteiger partial charge in [0, 0.05) is 18.2 Å². The first-order chi connectivity index (χ1) is 8.13. The average molecular weight is 236 g/mol. The highest BCUT2D eigenvalue weighted by atomic mass is 16.5. The number of carbonyl (C=O) groups is 1. The molecule has 0 fully saturated rings. The van der Waals surface area contributed by atoms with Gasteiger partial charge in [-0.15, -0.1) is 0 Å². The molecule has 0 aliphatic rings. The zero-order valence-corrected chi connectivity index (χ0v) is 10.4. The number of hydrogen-bond acceptors (Lipinski definition) is 3. The fourth-order valence-corrected chi connectivity index (χ4v) is 1.49. The molecule has 17 heavy (non-hydrogen) atoms. The van der Waals surface area contributed by atoms with Gasteiger partial charge < -0.3 is 15.8 Å². The third kappa shape index (κ3) is 4.87. The molecule has 1 rings (SSSR count). The van der Waals surface area contributed by atoms with Gasteiger partial charge in [-0.2, -0.15) is 0 Å². The summed E-state index contributed by atoms with van der Waals surface area (Å²) in [4.78, 5) is 11.8. The van der Waals surface area contributed by atoms with E-state index in [2.05, 4.69) is 5.32 Å². The van der Waals surface area contributed by atoms with Crippen LogP contribution >= 0.6 is 0 Å². The fraction of sp³-hybridized carbons (Fsp3) is 0.462. The van der Waals surface area contributed by atoms with E-state index in [-0.39, 0.29) is 11.9 Å². The zero-order chi connectivity index (χ0) is 12.7. The van der Waals surface area contributed by atoms with Crippen LogP contribution in [0.1, 0.15) is 30.1 Å². The predicted molar refractivity (Wildman–Crippen MR) is 68.2 cm³/mol. The maximum atomic E-state index is 11.8. The number of nitrogens with two attached hydrogens (primary N) is 1. The number of rotatable bonds is 6. The third-order valence-corrected chi connectivity index (χ3v) is 2.45. The molecule has 1 aromatic carbocycles. The number of methoxy groups -OCH3 is 1. The maximum Gasteiger partial charge on any atom is 0.251 e. The third-order valence-electron chi connectivity index (χ3n) is 2.45. The molecule has 4 nitrogen and oxygen atoms in total. The number of nitrogens with one attached hydrogen (secondary N) is 1.